The maximum absolute atomic E-state index is 11.9. The van der Waals surface area contributed by atoms with Crippen molar-refractivity contribution in [2.75, 3.05) is 5.32 Å². The summed E-state index contributed by atoms with van der Waals surface area (Å²) in [7, 11) is 0. The van der Waals surface area contributed by atoms with Crippen molar-refractivity contribution >= 4 is 29.0 Å². The molecule has 2 aromatic heterocycles. The predicted molar refractivity (Wildman–Crippen MR) is 78.7 cm³/mol. The van der Waals surface area contributed by atoms with E-state index in [4.69, 9.17) is 9.26 Å². The number of nitrogens with one attached hydrogen (secondary N) is 1. The minimum absolute atomic E-state index is 0.227. The Morgan fingerprint density at radius 1 is 1.50 bits per heavy atom. The summed E-state index contributed by atoms with van der Waals surface area (Å²) >= 11 is 1.00. The second-order valence-corrected chi connectivity index (χ2v) is 5.49. The van der Waals surface area contributed by atoms with Crippen LogP contribution in [-0.4, -0.2) is 27.7 Å². The van der Waals surface area contributed by atoms with E-state index < -0.39 is 18.0 Å². The molecule has 22 heavy (non-hydrogen) atoms. The van der Waals surface area contributed by atoms with Gasteiger partial charge in [-0.2, -0.15) is 0 Å². The molecule has 0 aliphatic heterocycles. The number of anilines is 1. The van der Waals surface area contributed by atoms with Crippen LogP contribution in [0.2, 0.25) is 0 Å². The van der Waals surface area contributed by atoms with Gasteiger partial charge in [0.05, 0.1) is 0 Å². The van der Waals surface area contributed by atoms with Crippen molar-refractivity contribution in [3.8, 4) is 0 Å². The third-order valence-corrected chi connectivity index (χ3v) is 3.70. The standard InChI is InChI=1S/C13H15N3O5S/c1-7-6-22-13(19)16(7)5-11(17)20-9(3)12(18)14-10-4-8(2)21-15-10/h4,6,9H,5H2,1-3H3,(H,14,15,18)/t9-/m0/s1. The maximum atomic E-state index is 11.9. The topological polar surface area (TPSA) is 103 Å². The number of carbonyl (C=O) groups excluding carboxylic acids is 2. The van der Waals surface area contributed by atoms with Crippen molar-refractivity contribution < 1.29 is 18.8 Å². The average Bonchev–Trinajstić information content (AvgIpc) is 2.99. The summed E-state index contributed by atoms with van der Waals surface area (Å²) in [5.41, 5.74) is 0.669. The Balaban J connectivity index is 1.90. The molecule has 0 bridgehead atoms. The van der Waals surface area contributed by atoms with E-state index in [-0.39, 0.29) is 17.2 Å². The van der Waals surface area contributed by atoms with Gasteiger partial charge in [0.15, 0.2) is 11.9 Å². The van der Waals surface area contributed by atoms with Crippen LogP contribution in [0.3, 0.4) is 0 Å². The Kier molecular flexibility index (Phi) is 4.76. The largest absolute Gasteiger partial charge is 0.451 e. The molecule has 8 nitrogen and oxygen atoms in total. The lowest BCUT2D eigenvalue weighted by atomic mass is 10.3. The third-order valence-electron chi connectivity index (χ3n) is 2.82. The van der Waals surface area contributed by atoms with Crippen molar-refractivity contribution in [3.05, 3.63) is 32.6 Å². The number of aromatic nitrogens is 2. The first-order valence-electron chi connectivity index (χ1n) is 6.45. The molecule has 2 aromatic rings. The second kappa shape index (κ2) is 6.56. The summed E-state index contributed by atoms with van der Waals surface area (Å²) in [4.78, 5) is 34.9. The molecular formula is C13H15N3O5S. The molecule has 0 spiro atoms. The smallest absolute Gasteiger partial charge is 0.326 e. The van der Waals surface area contributed by atoms with Gasteiger partial charge in [-0.3, -0.25) is 19.0 Å². The van der Waals surface area contributed by atoms with Crippen LogP contribution in [0.4, 0.5) is 5.82 Å². The van der Waals surface area contributed by atoms with Gasteiger partial charge >= 0.3 is 10.8 Å². The van der Waals surface area contributed by atoms with Crippen molar-refractivity contribution in [2.45, 2.75) is 33.4 Å². The number of ether oxygens (including phenoxy) is 1. The average molecular weight is 325 g/mol. The van der Waals surface area contributed by atoms with Gasteiger partial charge in [0.2, 0.25) is 0 Å². The molecule has 0 saturated heterocycles. The molecule has 2 rings (SSSR count). The summed E-state index contributed by atoms with van der Waals surface area (Å²) in [5, 5.41) is 7.72. The predicted octanol–water partition coefficient (Wildman–Crippen LogP) is 1.09. The van der Waals surface area contributed by atoms with Crippen molar-refractivity contribution in [1.82, 2.24) is 9.72 Å². The molecule has 118 valence electrons. The molecule has 1 amide bonds. The molecule has 0 unspecified atom stereocenters. The Morgan fingerprint density at radius 3 is 2.77 bits per heavy atom. The van der Waals surface area contributed by atoms with Crippen molar-refractivity contribution in [1.29, 1.82) is 0 Å². The van der Waals surface area contributed by atoms with Gasteiger partial charge in [-0.25, -0.2) is 0 Å². The van der Waals surface area contributed by atoms with Crippen LogP contribution < -0.4 is 10.2 Å². The van der Waals surface area contributed by atoms with E-state index in [9.17, 15) is 14.4 Å². The number of carbonyl (C=O) groups is 2. The van der Waals surface area contributed by atoms with Crippen LogP contribution in [0.5, 0.6) is 0 Å². The lowest BCUT2D eigenvalue weighted by Gasteiger charge is -2.12. The van der Waals surface area contributed by atoms with Crippen LogP contribution in [0, 0.1) is 13.8 Å². The Morgan fingerprint density at radius 2 is 2.23 bits per heavy atom. The highest BCUT2D eigenvalue weighted by molar-refractivity contribution is 7.07. The quantitative estimate of drug-likeness (QED) is 0.825. The van der Waals surface area contributed by atoms with E-state index in [1.165, 1.54) is 11.5 Å². The van der Waals surface area contributed by atoms with Crippen LogP contribution in [0.25, 0.3) is 0 Å². The zero-order valence-electron chi connectivity index (χ0n) is 12.3. The maximum Gasteiger partial charge on any atom is 0.326 e. The van der Waals surface area contributed by atoms with Gasteiger partial charge < -0.3 is 14.6 Å². The Labute approximate surface area is 129 Å². The van der Waals surface area contributed by atoms with Crippen LogP contribution in [0.1, 0.15) is 18.4 Å². The first-order chi connectivity index (χ1) is 10.4. The molecule has 0 aliphatic rings. The monoisotopic (exact) mass is 325 g/mol. The highest BCUT2D eigenvalue weighted by Gasteiger charge is 2.20. The van der Waals surface area contributed by atoms with Crippen molar-refractivity contribution in [3.63, 3.8) is 0 Å². The van der Waals surface area contributed by atoms with E-state index in [0.29, 0.717) is 11.5 Å². The number of hydrogen-bond acceptors (Lipinski definition) is 7. The summed E-state index contributed by atoms with van der Waals surface area (Å²) < 4.78 is 11.1. The number of esters is 1. The number of aryl methyl sites for hydroxylation is 2. The van der Waals surface area contributed by atoms with Gasteiger partial charge in [0.25, 0.3) is 5.91 Å². The summed E-state index contributed by atoms with van der Waals surface area (Å²) in [6, 6.07) is 1.54. The Bertz CT molecular complexity index is 745. The molecule has 0 fully saturated rings. The van der Waals surface area contributed by atoms with Gasteiger partial charge in [-0.1, -0.05) is 16.5 Å². The molecule has 9 heteroatoms. The first-order valence-corrected chi connectivity index (χ1v) is 7.33. The van der Waals surface area contributed by atoms with Crippen LogP contribution >= 0.6 is 11.3 Å². The summed E-state index contributed by atoms with van der Waals surface area (Å²) in [6.45, 7) is 4.61. The molecule has 0 saturated carbocycles. The van der Waals surface area contributed by atoms with E-state index in [0.717, 1.165) is 11.3 Å². The fourth-order valence-corrected chi connectivity index (χ4v) is 2.40. The van der Waals surface area contributed by atoms with Gasteiger partial charge in [0, 0.05) is 17.1 Å². The molecule has 0 aromatic carbocycles. The van der Waals surface area contributed by atoms with Gasteiger partial charge in [-0.15, -0.1) is 0 Å². The van der Waals surface area contributed by atoms with E-state index in [1.54, 1.807) is 25.3 Å². The fourth-order valence-electron chi connectivity index (χ4n) is 1.67. The normalized spacial score (nSPS) is 12.0. The lowest BCUT2D eigenvalue weighted by Crippen LogP contribution is -2.32. The fraction of sp³-hybridized carbons (Fsp3) is 0.385. The first kappa shape index (κ1) is 16.0. The molecular weight excluding hydrogens is 310 g/mol. The van der Waals surface area contributed by atoms with E-state index in [2.05, 4.69) is 10.5 Å². The number of nitrogens with zero attached hydrogens (tertiary/aromatic N) is 2. The molecule has 2 heterocycles. The highest BCUT2D eigenvalue weighted by atomic mass is 32.1. The van der Waals surface area contributed by atoms with Crippen LogP contribution in [-0.2, 0) is 20.9 Å². The Hall–Kier alpha value is -2.42. The van der Waals surface area contributed by atoms with Gasteiger partial charge in [0.1, 0.15) is 12.3 Å². The SMILES string of the molecule is Cc1cc(NC(=O)[C@H](C)OC(=O)Cn2c(C)csc2=O)no1. The van der Waals surface area contributed by atoms with Crippen molar-refractivity contribution in [2.24, 2.45) is 0 Å². The molecule has 1 atom stereocenters. The summed E-state index contributed by atoms with van der Waals surface area (Å²) in [6.07, 6.45) is -1.01. The minimum Gasteiger partial charge on any atom is -0.451 e. The third kappa shape index (κ3) is 3.82. The zero-order chi connectivity index (χ0) is 16.3. The summed E-state index contributed by atoms with van der Waals surface area (Å²) in [5.74, 6) is -0.402. The number of hydrogen-bond donors (Lipinski definition) is 1. The number of rotatable bonds is 5. The number of amides is 1. The zero-order valence-corrected chi connectivity index (χ0v) is 13.1. The molecule has 0 radical (unpaired) electrons. The second-order valence-electron chi connectivity index (χ2n) is 4.67. The lowest BCUT2D eigenvalue weighted by molar-refractivity contribution is -0.153. The minimum atomic E-state index is -1.01. The highest BCUT2D eigenvalue weighted by Crippen LogP contribution is 2.08. The number of thiazole rings is 1. The van der Waals surface area contributed by atoms with E-state index in [1.807, 2.05) is 0 Å². The van der Waals surface area contributed by atoms with Crippen LogP contribution in [0.15, 0.2) is 20.8 Å². The molecule has 0 aliphatic carbocycles. The molecule has 1 N–H and O–H groups in total. The van der Waals surface area contributed by atoms with Gasteiger partial charge in [-0.05, 0) is 20.8 Å². The van der Waals surface area contributed by atoms with E-state index >= 15 is 0 Å².